The number of rotatable bonds is 3. The van der Waals surface area contributed by atoms with Crippen LogP contribution in [0.4, 0.5) is 11.4 Å². The minimum Gasteiger partial charge on any atom is -0.481 e. The summed E-state index contributed by atoms with van der Waals surface area (Å²) in [5, 5.41) is 9.25. The highest BCUT2D eigenvalue weighted by Gasteiger charge is 2.38. The lowest BCUT2D eigenvalue weighted by atomic mass is 10.0. The molecular formula is C9H9I3N2O2. The molecule has 1 aromatic carbocycles. The van der Waals surface area contributed by atoms with Crippen LogP contribution in [-0.2, 0) is 4.79 Å². The van der Waals surface area contributed by atoms with E-state index >= 15 is 0 Å². The Kier molecular flexibility index (Phi) is 4.92. The molecule has 4 nitrogen and oxygen atoms in total. The minimum atomic E-state index is -0.886. The molecule has 7 heteroatoms. The van der Waals surface area contributed by atoms with E-state index in [9.17, 15) is 9.90 Å². The van der Waals surface area contributed by atoms with Crippen molar-refractivity contribution in [1.29, 1.82) is 0 Å². The van der Waals surface area contributed by atoms with Crippen molar-refractivity contribution in [3.05, 3.63) is 23.8 Å². The third-order valence-corrected chi connectivity index (χ3v) is 3.78. The molecule has 0 bridgehead atoms. The fourth-order valence-corrected chi connectivity index (χ4v) is 3.22. The van der Waals surface area contributed by atoms with Crippen molar-refractivity contribution in [3.8, 4) is 0 Å². The molecule has 5 N–H and O–H groups in total. The molecule has 0 fully saturated rings. The van der Waals surface area contributed by atoms with Gasteiger partial charge in [-0.1, -0.05) is 67.8 Å². The van der Waals surface area contributed by atoms with E-state index in [1.807, 2.05) is 0 Å². The molecule has 0 amide bonds. The first kappa shape index (κ1) is 14.5. The average Bonchev–Trinajstić information content (AvgIpc) is 1.96. The van der Waals surface area contributed by atoms with Crippen molar-refractivity contribution in [2.45, 2.75) is 5.35 Å². The van der Waals surface area contributed by atoms with Gasteiger partial charge in [0.2, 0.25) is 0 Å². The van der Waals surface area contributed by atoms with Gasteiger partial charge in [-0.25, -0.2) is 0 Å². The van der Waals surface area contributed by atoms with Crippen molar-refractivity contribution in [2.75, 3.05) is 11.5 Å². The van der Waals surface area contributed by atoms with Crippen LogP contribution in [0.25, 0.3) is 0 Å². The van der Waals surface area contributed by atoms with E-state index in [2.05, 4.69) is 67.8 Å². The molecular weight excluding hydrogens is 549 g/mol. The summed E-state index contributed by atoms with van der Waals surface area (Å²) < 4.78 is -0.473. The van der Waals surface area contributed by atoms with Crippen molar-refractivity contribution in [3.63, 3.8) is 0 Å². The Morgan fingerprint density at radius 2 is 1.62 bits per heavy atom. The first-order chi connectivity index (χ1) is 7.21. The highest BCUT2D eigenvalue weighted by molar-refractivity contribution is 14.3. The molecule has 1 aromatic rings. The molecule has 1 unspecified atom stereocenters. The maximum Gasteiger partial charge on any atom is 0.313 e. The number of carboxylic acid groups (broad SMARTS) is 1. The number of carboxylic acids is 1. The van der Waals surface area contributed by atoms with Gasteiger partial charge >= 0.3 is 5.97 Å². The van der Waals surface area contributed by atoms with Crippen LogP contribution in [-0.4, -0.2) is 10.5 Å². The predicted molar refractivity (Wildman–Crippen MR) is 90.4 cm³/mol. The highest BCUT2D eigenvalue weighted by atomic mass is 127. The zero-order valence-corrected chi connectivity index (χ0v) is 14.4. The van der Waals surface area contributed by atoms with Gasteiger partial charge in [0.25, 0.3) is 0 Å². The van der Waals surface area contributed by atoms with Gasteiger partial charge < -0.3 is 16.6 Å². The Hall–Kier alpha value is 0.480. The summed E-state index contributed by atoms with van der Waals surface area (Å²) in [5.74, 6) is -1.54. The second-order valence-electron chi connectivity index (χ2n) is 3.25. The molecule has 0 aromatic heterocycles. The van der Waals surface area contributed by atoms with Crippen LogP contribution < -0.4 is 11.5 Å². The van der Waals surface area contributed by atoms with Gasteiger partial charge in [0.05, 0.1) is 0 Å². The average molecular weight is 558 g/mol. The first-order valence-electron chi connectivity index (χ1n) is 4.17. The molecule has 0 heterocycles. The van der Waals surface area contributed by atoms with E-state index in [-0.39, 0.29) is 0 Å². The molecule has 1 rings (SSSR count). The van der Waals surface area contributed by atoms with Crippen LogP contribution in [0.2, 0.25) is 0 Å². The Morgan fingerprint density at radius 1 is 1.19 bits per heavy atom. The van der Waals surface area contributed by atoms with Gasteiger partial charge in [0, 0.05) is 11.4 Å². The summed E-state index contributed by atoms with van der Waals surface area (Å²) in [5.41, 5.74) is 12.9. The van der Waals surface area contributed by atoms with Crippen molar-refractivity contribution in [2.24, 2.45) is 0 Å². The van der Waals surface area contributed by atoms with E-state index in [0.29, 0.717) is 16.9 Å². The monoisotopic (exact) mass is 558 g/mol. The summed E-state index contributed by atoms with van der Waals surface area (Å²) in [6.45, 7) is 0. The first-order valence-corrected chi connectivity index (χ1v) is 7.41. The lowest BCUT2D eigenvalue weighted by Gasteiger charge is -2.22. The molecule has 0 aliphatic heterocycles. The molecule has 0 aliphatic carbocycles. The van der Waals surface area contributed by atoms with E-state index in [4.69, 9.17) is 11.5 Å². The topological polar surface area (TPSA) is 89.3 Å². The summed E-state index contributed by atoms with van der Waals surface area (Å²) >= 11 is 6.28. The number of alkyl halides is 3. The quantitative estimate of drug-likeness (QED) is 0.303. The van der Waals surface area contributed by atoms with Crippen molar-refractivity contribution in [1.82, 2.24) is 0 Å². The Balaban J connectivity index is 3.27. The number of aliphatic carboxylic acids is 1. The van der Waals surface area contributed by atoms with Crippen LogP contribution in [0.5, 0.6) is 0 Å². The summed E-state index contributed by atoms with van der Waals surface area (Å²) in [4.78, 5) is 11.3. The number of anilines is 2. The number of nitrogen functional groups attached to an aromatic ring is 2. The highest BCUT2D eigenvalue weighted by Crippen LogP contribution is 2.48. The second-order valence-corrected chi connectivity index (χ2v) is 14.5. The zero-order chi connectivity index (χ0) is 12.5. The minimum absolute atomic E-state index is 0.473. The fraction of sp³-hybridized carbons (Fsp3) is 0.222. The largest absolute Gasteiger partial charge is 0.481 e. The van der Waals surface area contributed by atoms with Crippen LogP contribution in [0, 0.1) is 0 Å². The van der Waals surface area contributed by atoms with E-state index in [1.165, 1.54) is 0 Å². The second kappa shape index (κ2) is 5.42. The number of hydrogen-bond acceptors (Lipinski definition) is 3. The van der Waals surface area contributed by atoms with Gasteiger partial charge in [-0.05, 0) is 23.8 Å². The molecule has 0 saturated heterocycles. The number of nitrogens with two attached hydrogens (primary N) is 2. The molecule has 16 heavy (non-hydrogen) atoms. The Bertz CT molecular complexity index is 397. The van der Waals surface area contributed by atoms with Gasteiger partial charge in [-0.2, -0.15) is 0 Å². The van der Waals surface area contributed by atoms with Crippen molar-refractivity contribution < 1.29 is 9.90 Å². The zero-order valence-electron chi connectivity index (χ0n) is 7.95. The lowest BCUT2D eigenvalue weighted by Crippen LogP contribution is -2.24. The lowest BCUT2D eigenvalue weighted by molar-refractivity contribution is -0.138. The van der Waals surface area contributed by atoms with E-state index in [1.54, 1.807) is 18.2 Å². The SMILES string of the molecule is Nc1cc(N)cc(C(C(=O)O)C(I)(I)I)c1. The van der Waals surface area contributed by atoms with E-state index < -0.39 is 11.3 Å². The fourth-order valence-electron chi connectivity index (χ4n) is 1.34. The van der Waals surface area contributed by atoms with Gasteiger partial charge in [-0.3, -0.25) is 4.79 Å². The van der Waals surface area contributed by atoms with Gasteiger partial charge in [0.15, 0.2) is 0 Å². The summed E-state index contributed by atoms with van der Waals surface area (Å²) in [6, 6.07) is 4.91. The number of benzene rings is 1. The van der Waals surface area contributed by atoms with E-state index in [0.717, 1.165) is 0 Å². The molecule has 0 aliphatic rings. The van der Waals surface area contributed by atoms with Crippen LogP contribution >= 0.6 is 67.8 Å². The molecule has 1 atom stereocenters. The number of carbonyl (C=O) groups is 1. The smallest absolute Gasteiger partial charge is 0.313 e. The van der Waals surface area contributed by atoms with Gasteiger partial charge in [-0.15, -0.1) is 0 Å². The normalized spacial score (nSPS) is 13.4. The van der Waals surface area contributed by atoms with Crippen LogP contribution in [0.3, 0.4) is 0 Å². The standard InChI is InChI=1S/C9H9I3N2O2/c10-9(11,12)7(8(15)16)4-1-5(13)3-6(14)2-4/h1-3,7H,13-14H2,(H,15,16). The van der Waals surface area contributed by atoms with Crippen LogP contribution in [0.15, 0.2) is 18.2 Å². The van der Waals surface area contributed by atoms with Crippen molar-refractivity contribution >= 4 is 85.1 Å². The molecule has 88 valence electrons. The predicted octanol–water partition coefficient (Wildman–Crippen LogP) is 2.98. The molecule has 0 radical (unpaired) electrons. The van der Waals surface area contributed by atoms with Gasteiger partial charge in [0.1, 0.15) is 5.35 Å². The number of halogens is 3. The maximum absolute atomic E-state index is 11.3. The maximum atomic E-state index is 11.3. The summed E-state index contributed by atoms with van der Waals surface area (Å²) in [6.07, 6.45) is 0. The van der Waals surface area contributed by atoms with Crippen LogP contribution in [0.1, 0.15) is 11.5 Å². The molecule has 0 spiro atoms. The third-order valence-electron chi connectivity index (χ3n) is 1.91. The Labute approximate surface area is 134 Å². The number of hydrogen-bond donors (Lipinski definition) is 3. The molecule has 0 saturated carbocycles. The Morgan fingerprint density at radius 3 is 1.94 bits per heavy atom. The summed E-state index contributed by atoms with van der Waals surface area (Å²) in [7, 11) is 0. The third kappa shape index (κ3) is 3.75.